The molecule has 3 nitrogen and oxygen atoms in total. The lowest BCUT2D eigenvalue weighted by molar-refractivity contribution is 0.829. The van der Waals surface area contributed by atoms with Crippen molar-refractivity contribution in [3.8, 4) is 0 Å². The third-order valence-corrected chi connectivity index (χ3v) is 2.75. The van der Waals surface area contributed by atoms with Crippen LogP contribution in [0.2, 0.25) is 0 Å². The standard InChI is InChI=1S/C10H12BrN3/c1-2-4-8-13-10(11)9-7(12)5-3-6-14(8)9/h3,5-6H,2,4,12H2,1H3. The van der Waals surface area contributed by atoms with Crippen LogP contribution in [0.3, 0.4) is 0 Å². The summed E-state index contributed by atoms with van der Waals surface area (Å²) >= 11 is 3.43. The number of hydrogen-bond donors (Lipinski definition) is 1. The molecule has 0 radical (unpaired) electrons. The number of fused-ring (bicyclic) bond motifs is 1. The predicted octanol–water partition coefficient (Wildman–Crippen LogP) is 2.63. The Kier molecular flexibility index (Phi) is 2.46. The normalized spacial score (nSPS) is 11.0. The fraction of sp³-hybridized carbons (Fsp3) is 0.300. The van der Waals surface area contributed by atoms with E-state index in [9.17, 15) is 0 Å². The molecule has 0 aliphatic heterocycles. The predicted molar refractivity (Wildman–Crippen MR) is 61.3 cm³/mol. The molecule has 0 unspecified atom stereocenters. The molecule has 4 heteroatoms. The lowest BCUT2D eigenvalue weighted by Crippen LogP contribution is -1.95. The number of pyridine rings is 1. The number of aryl methyl sites for hydroxylation is 1. The third kappa shape index (κ3) is 1.39. The maximum absolute atomic E-state index is 5.88. The van der Waals surface area contributed by atoms with Gasteiger partial charge in [0.25, 0.3) is 0 Å². The fourth-order valence-electron chi connectivity index (χ4n) is 1.58. The zero-order valence-corrected chi connectivity index (χ0v) is 9.58. The van der Waals surface area contributed by atoms with Crippen LogP contribution in [0.4, 0.5) is 5.69 Å². The summed E-state index contributed by atoms with van der Waals surface area (Å²) in [6.07, 6.45) is 4.05. The Morgan fingerprint density at radius 1 is 1.57 bits per heavy atom. The van der Waals surface area contributed by atoms with Gasteiger partial charge in [-0.1, -0.05) is 6.92 Å². The smallest absolute Gasteiger partial charge is 0.134 e. The van der Waals surface area contributed by atoms with Gasteiger partial charge in [0.1, 0.15) is 15.9 Å². The van der Waals surface area contributed by atoms with Gasteiger partial charge in [0.05, 0.1) is 5.69 Å². The highest BCUT2D eigenvalue weighted by molar-refractivity contribution is 9.10. The average Bonchev–Trinajstić information content (AvgIpc) is 2.46. The first-order chi connectivity index (χ1) is 6.74. The second kappa shape index (κ2) is 3.61. The van der Waals surface area contributed by atoms with Crippen LogP contribution in [0.1, 0.15) is 19.2 Å². The number of hydrogen-bond acceptors (Lipinski definition) is 2. The third-order valence-electron chi connectivity index (χ3n) is 2.20. The molecule has 0 aliphatic rings. The van der Waals surface area contributed by atoms with Gasteiger partial charge in [-0.15, -0.1) is 0 Å². The highest BCUT2D eigenvalue weighted by Crippen LogP contribution is 2.24. The first kappa shape index (κ1) is 9.52. The summed E-state index contributed by atoms with van der Waals surface area (Å²) in [6.45, 7) is 2.14. The van der Waals surface area contributed by atoms with E-state index in [0.29, 0.717) is 0 Å². The van der Waals surface area contributed by atoms with Gasteiger partial charge in [0.2, 0.25) is 0 Å². The molecule has 2 aromatic rings. The van der Waals surface area contributed by atoms with Crippen molar-refractivity contribution in [2.24, 2.45) is 0 Å². The van der Waals surface area contributed by atoms with Gasteiger partial charge >= 0.3 is 0 Å². The van der Waals surface area contributed by atoms with E-state index in [4.69, 9.17) is 5.73 Å². The van der Waals surface area contributed by atoms with Crippen LogP contribution in [0, 0.1) is 0 Å². The molecule has 0 atom stereocenters. The number of aromatic nitrogens is 2. The monoisotopic (exact) mass is 253 g/mol. The van der Waals surface area contributed by atoms with Crippen molar-refractivity contribution in [1.82, 2.24) is 9.38 Å². The Labute approximate surface area is 91.1 Å². The molecule has 74 valence electrons. The molecular formula is C10H12BrN3. The summed E-state index contributed by atoms with van der Waals surface area (Å²) in [5, 5.41) is 0. The van der Waals surface area contributed by atoms with E-state index in [-0.39, 0.29) is 0 Å². The molecule has 0 saturated carbocycles. The van der Waals surface area contributed by atoms with Crippen LogP contribution < -0.4 is 5.73 Å². The summed E-state index contributed by atoms with van der Waals surface area (Å²) < 4.78 is 2.88. The van der Waals surface area contributed by atoms with Crippen molar-refractivity contribution < 1.29 is 0 Å². The highest BCUT2D eigenvalue weighted by atomic mass is 79.9. The highest BCUT2D eigenvalue weighted by Gasteiger charge is 2.09. The molecular weight excluding hydrogens is 242 g/mol. The van der Waals surface area contributed by atoms with Gasteiger partial charge in [-0.3, -0.25) is 0 Å². The zero-order chi connectivity index (χ0) is 10.1. The van der Waals surface area contributed by atoms with E-state index >= 15 is 0 Å². The van der Waals surface area contributed by atoms with Crippen LogP contribution in [0.25, 0.3) is 5.52 Å². The van der Waals surface area contributed by atoms with Crippen LogP contribution in [-0.4, -0.2) is 9.38 Å². The molecule has 2 aromatic heterocycles. The molecule has 0 amide bonds. The van der Waals surface area contributed by atoms with E-state index in [0.717, 1.165) is 34.5 Å². The van der Waals surface area contributed by atoms with Crippen molar-refractivity contribution in [2.75, 3.05) is 5.73 Å². The minimum Gasteiger partial charge on any atom is -0.397 e. The van der Waals surface area contributed by atoms with Crippen molar-refractivity contribution in [1.29, 1.82) is 0 Å². The zero-order valence-electron chi connectivity index (χ0n) is 8.00. The van der Waals surface area contributed by atoms with Gasteiger partial charge in [-0.25, -0.2) is 4.98 Å². The Morgan fingerprint density at radius 3 is 3.07 bits per heavy atom. The second-order valence-corrected chi connectivity index (χ2v) is 4.00. The minimum atomic E-state index is 0.759. The van der Waals surface area contributed by atoms with Crippen LogP contribution in [-0.2, 0) is 6.42 Å². The lowest BCUT2D eigenvalue weighted by Gasteiger charge is -2.00. The molecule has 2 heterocycles. The summed E-state index contributed by atoms with van der Waals surface area (Å²) in [4.78, 5) is 4.44. The van der Waals surface area contributed by atoms with Gasteiger partial charge in [-0.05, 0) is 34.5 Å². The molecule has 2 N–H and O–H groups in total. The number of halogens is 1. The quantitative estimate of drug-likeness (QED) is 0.895. The van der Waals surface area contributed by atoms with E-state index < -0.39 is 0 Å². The molecule has 2 rings (SSSR count). The van der Waals surface area contributed by atoms with Gasteiger partial charge < -0.3 is 10.1 Å². The largest absolute Gasteiger partial charge is 0.397 e. The number of rotatable bonds is 2. The summed E-state index contributed by atoms with van der Waals surface area (Å²) in [5.74, 6) is 1.06. The van der Waals surface area contributed by atoms with Crippen molar-refractivity contribution >= 4 is 27.1 Å². The van der Waals surface area contributed by atoms with E-state index in [1.54, 1.807) is 0 Å². The van der Waals surface area contributed by atoms with Crippen molar-refractivity contribution in [3.63, 3.8) is 0 Å². The Morgan fingerprint density at radius 2 is 2.36 bits per heavy atom. The molecule has 14 heavy (non-hydrogen) atoms. The topological polar surface area (TPSA) is 43.3 Å². The van der Waals surface area contributed by atoms with Gasteiger partial charge in [0, 0.05) is 12.6 Å². The van der Waals surface area contributed by atoms with Crippen LogP contribution in [0.5, 0.6) is 0 Å². The number of anilines is 1. The molecule has 0 aromatic carbocycles. The molecule has 0 aliphatic carbocycles. The molecule has 0 bridgehead atoms. The number of nitrogens with zero attached hydrogens (tertiary/aromatic N) is 2. The Hall–Kier alpha value is -1.03. The first-order valence-electron chi connectivity index (χ1n) is 4.65. The van der Waals surface area contributed by atoms with E-state index in [2.05, 4.69) is 27.8 Å². The van der Waals surface area contributed by atoms with E-state index in [1.807, 2.05) is 22.7 Å². The summed E-state index contributed by atoms with van der Waals surface area (Å²) in [7, 11) is 0. The van der Waals surface area contributed by atoms with E-state index in [1.165, 1.54) is 0 Å². The minimum absolute atomic E-state index is 0.759. The van der Waals surface area contributed by atoms with Gasteiger partial charge in [0.15, 0.2) is 0 Å². The van der Waals surface area contributed by atoms with Crippen LogP contribution in [0.15, 0.2) is 22.9 Å². The van der Waals surface area contributed by atoms with Gasteiger partial charge in [-0.2, -0.15) is 0 Å². The Bertz CT molecular complexity index is 462. The second-order valence-electron chi connectivity index (χ2n) is 3.25. The fourth-order valence-corrected chi connectivity index (χ4v) is 2.20. The number of nitrogens with two attached hydrogens (primary N) is 1. The lowest BCUT2D eigenvalue weighted by atomic mass is 10.3. The molecule has 0 saturated heterocycles. The number of nitrogen functional groups attached to an aromatic ring is 1. The average molecular weight is 254 g/mol. The maximum Gasteiger partial charge on any atom is 0.134 e. The van der Waals surface area contributed by atoms with Crippen LogP contribution >= 0.6 is 15.9 Å². The summed E-state index contributed by atoms with van der Waals surface area (Å²) in [6, 6.07) is 3.83. The number of imidazole rings is 1. The summed E-state index contributed by atoms with van der Waals surface area (Å²) in [5.41, 5.74) is 7.60. The first-order valence-corrected chi connectivity index (χ1v) is 5.44. The molecule has 0 spiro atoms. The molecule has 0 fully saturated rings. The van der Waals surface area contributed by atoms with Crippen molar-refractivity contribution in [3.05, 3.63) is 28.8 Å². The van der Waals surface area contributed by atoms with Crippen molar-refractivity contribution in [2.45, 2.75) is 19.8 Å². The SMILES string of the molecule is CCCc1nc(Br)c2c(N)cccn12. The Balaban J connectivity index is 2.71. The maximum atomic E-state index is 5.88.